The third-order valence-corrected chi connectivity index (χ3v) is 3.82. The van der Waals surface area contributed by atoms with Crippen LogP contribution in [-0.4, -0.2) is 30.5 Å². The highest BCUT2D eigenvalue weighted by Crippen LogP contribution is 2.20. The molecule has 0 aliphatic rings. The lowest BCUT2D eigenvalue weighted by Crippen LogP contribution is -2.27. The number of allylic oxidation sites excluding steroid dienone is 1. The van der Waals surface area contributed by atoms with Gasteiger partial charge in [0.2, 0.25) is 0 Å². The van der Waals surface area contributed by atoms with Crippen molar-refractivity contribution in [2.75, 3.05) is 0 Å². The van der Waals surface area contributed by atoms with Crippen LogP contribution in [-0.2, 0) is 19.1 Å². The molecule has 1 N–H and O–H groups in total. The van der Waals surface area contributed by atoms with E-state index in [2.05, 4.69) is 10.8 Å². The maximum Gasteiger partial charge on any atom is 0.334 e. The molecular formula is C12H13NO7S. The Hall–Kier alpha value is -2.26. The number of nitro benzene ring substituents is 1. The van der Waals surface area contributed by atoms with E-state index in [1.807, 2.05) is 0 Å². The Morgan fingerprint density at radius 3 is 2.43 bits per heavy atom. The number of carboxylic acid groups (broad SMARTS) is 1. The number of aliphatic carboxylic acids is 1. The van der Waals surface area contributed by atoms with Crippen molar-refractivity contribution in [3.05, 3.63) is 47.0 Å². The van der Waals surface area contributed by atoms with E-state index in [9.17, 15) is 23.3 Å². The van der Waals surface area contributed by atoms with Crippen molar-refractivity contribution in [3.8, 4) is 0 Å². The fraction of sp³-hybridized carbons (Fsp3) is 0.250. The predicted octanol–water partition coefficient (Wildman–Crippen LogP) is 1.72. The Balaban J connectivity index is 2.95. The molecule has 8 nitrogen and oxygen atoms in total. The van der Waals surface area contributed by atoms with Crippen molar-refractivity contribution in [2.45, 2.75) is 23.8 Å². The van der Waals surface area contributed by atoms with Gasteiger partial charge in [-0.15, -0.1) is 6.58 Å². The zero-order valence-electron chi connectivity index (χ0n) is 10.8. The summed E-state index contributed by atoms with van der Waals surface area (Å²) in [6, 6.07) is 3.96. The summed E-state index contributed by atoms with van der Waals surface area (Å²) in [6.07, 6.45) is 0.124. The second kappa shape index (κ2) is 6.95. The first-order valence-electron chi connectivity index (χ1n) is 5.79. The lowest BCUT2D eigenvalue weighted by Gasteiger charge is -2.12. The lowest BCUT2D eigenvalue weighted by molar-refractivity contribution is -0.384. The van der Waals surface area contributed by atoms with Crippen LogP contribution < -0.4 is 0 Å². The summed E-state index contributed by atoms with van der Waals surface area (Å²) in [7, 11) is -4.32. The molecule has 0 heterocycles. The second-order valence-electron chi connectivity index (χ2n) is 3.99. The molecule has 0 unspecified atom stereocenters. The van der Waals surface area contributed by atoms with Crippen molar-refractivity contribution < 1.29 is 27.4 Å². The van der Waals surface area contributed by atoms with Gasteiger partial charge in [0, 0.05) is 12.1 Å². The van der Waals surface area contributed by atoms with E-state index in [1.165, 1.54) is 6.08 Å². The zero-order chi connectivity index (χ0) is 16.0. The van der Waals surface area contributed by atoms with Gasteiger partial charge >= 0.3 is 5.97 Å². The third kappa shape index (κ3) is 4.65. The first-order chi connectivity index (χ1) is 9.77. The molecule has 0 bridgehead atoms. The molecule has 0 spiro atoms. The standard InChI is InChI=1S/C12H13NO7S/c1-2-3-4-11(12(14)15)20-21(18,19)10-7-5-9(6-8-10)13(16)17/h2,5-8,11H,1,3-4H2,(H,14,15)/t11-/m1/s1. The van der Waals surface area contributed by atoms with Crippen LogP contribution in [0.5, 0.6) is 0 Å². The van der Waals surface area contributed by atoms with Gasteiger partial charge in [0.1, 0.15) is 0 Å². The molecule has 9 heteroatoms. The number of carbonyl (C=O) groups is 1. The first-order valence-corrected chi connectivity index (χ1v) is 7.20. The van der Waals surface area contributed by atoms with Crippen molar-refractivity contribution in [1.82, 2.24) is 0 Å². The van der Waals surface area contributed by atoms with Gasteiger partial charge < -0.3 is 5.11 Å². The molecule has 0 aromatic heterocycles. The minimum absolute atomic E-state index is 0.0506. The molecule has 21 heavy (non-hydrogen) atoms. The Kier molecular flexibility index (Phi) is 5.56. The predicted molar refractivity (Wildman–Crippen MR) is 72.2 cm³/mol. The molecule has 0 fully saturated rings. The number of nitrogens with zero attached hydrogens (tertiary/aromatic N) is 1. The van der Waals surface area contributed by atoms with Crippen LogP contribution in [0, 0.1) is 10.1 Å². The number of benzene rings is 1. The molecule has 1 rings (SSSR count). The van der Waals surface area contributed by atoms with E-state index >= 15 is 0 Å². The summed E-state index contributed by atoms with van der Waals surface area (Å²) >= 11 is 0. The number of non-ortho nitro benzene ring substituents is 1. The van der Waals surface area contributed by atoms with Gasteiger partial charge in [0.15, 0.2) is 6.10 Å². The molecule has 0 saturated carbocycles. The van der Waals surface area contributed by atoms with Gasteiger partial charge in [0.25, 0.3) is 15.8 Å². The summed E-state index contributed by atoms with van der Waals surface area (Å²) in [4.78, 5) is 20.4. The Morgan fingerprint density at radius 1 is 1.43 bits per heavy atom. The van der Waals surface area contributed by atoms with Gasteiger partial charge in [-0.2, -0.15) is 8.42 Å². The number of carboxylic acids is 1. The largest absolute Gasteiger partial charge is 0.479 e. The topological polar surface area (TPSA) is 124 Å². The SMILES string of the molecule is C=CCC[C@@H](OS(=O)(=O)c1ccc([N+](=O)[O-])cc1)C(=O)O. The highest BCUT2D eigenvalue weighted by molar-refractivity contribution is 7.86. The molecule has 1 aromatic rings. The van der Waals surface area contributed by atoms with Crippen molar-refractivity contribution in [3.63, 3.8) is 0 Å². The maximum absolute atomic E-state index is 11.9. The molecule has 1 atom stereocenters. The summed E-state index contributed by atoms with van der Waals surface area (Å²) in [5, 5.41) is 19.4. The van der Waals surface area contributed by atoms with Crippen LogP contribution in [0.2, 0.25) is 0 Å². The summed E-state index contributed by atoms with van der Waals surface area (Å²) in [6.45, 7) is 3.41. The normalized spacial score (nSPS) is 12.6. The number of nitro groups is 1. The molecule has 0 aliphatic heterocycles. The second-order valence-corrected chi connectivity index (χ2v) is 5.57. The van der Waals surface area contributed by atoms with Gasteiger partial charge in [0.05, 0.1) is 9.82 Å². The minimum Gasteiger partial charge on any atom is -0.479 e. The molecule has 114 valence electrons. The molecular weight excluding hydrogens is 302 g/mol. The molecule has 0 saturated heterocycles. The highest BCUT2D eigenvalue weighted by Gasteiger charge is 2.27. The monoisotopic (exact) mass is 315 g/mol. The van der Waals surface area contributed by atoms with Gasteiger partial charge in [-0.05, 0) is 25.0 Å². The fourth-order valence-electron chi connectivity index (χ4n) is 1.42. The zero-order valence-corrected chi connectivity index (χ0v) is 11.7. The summed E-state index contributed by atoms with van der Waals surface area (Å²) in [5.74, 6) is -1.41. The van der Waals surface area contributed by atoms with Gasteiger partial charge in [-0.25, -0.2) is 4.79 Å². The van der Waals surface area contributed by atoms with E-state index in [-0.39, 0.29) is 23.4 Å². The van der Waals surface area contributed by atoms with E-state index in [1.54, 1.807) is 0 Å². The first kappa shape index (κ1) is 16.8. The van der Waals surface area contributed by atoms with Crippen LogP contribution in [0.1, 0.15) is 12.8 Å². The lowest BCUT2D eigenvalue weighted by atomic mass is 10.2. The third-order valence-electron chi connectivity index (χ3n) is 2.49. The van der Waals surface area contributed by atoms with Crippen molar-refractivity contribution in [1.29, 1.82) is 0 Å². The molecule has 1 aromatic carbocycles. The average Bonchev–Trinajstić information content (AvgIpc) is 2.43. The maximum atomic E-state index is 11.9. The molecule has 0 aliphatic carbocycles. The Labute approximate surface area is 120 Å². The Morgan fingerprint density at radius 2 is 2.00 bits per heavy atom. The highest BCUT2D eigenvalue weighted by atomic mass is 32.2. The molecule has 0 radical (unpaired) electrons. The van der Waals surface area contributed by atoms with E-state index in [0.29, 0.717) is 0 Å². The van der Waals surface area contributed by atoms with Gasteiger partial charge in [-0.3, -0.25) is 14.3 Å². The minimum atomic E-state index is -4.32. The average molecular weight is 315 g/mol. The summed E-state index contributed by atoms with van der Waals surface area (Å²) in [5.41, 5.74) is -0.282. The quantitative estimate of drug-likeness (QED) is 0.335. The van der Waals surface area contributed by atoms with Crippen LogP contribution in [0.15, 0.2) is 41.8 Å². The summed E-state index contributed by atoms with van der Waals surface area (Å²) < 4.78 is 28.5. The number of rotatable bonds is 8. The van der Waals surface area contributed by atoms with Crippen molar-refractivity contribution >= 4 is 21.8 Å². The van der Waals surface area contributed by atoms with Crippen LogP contribution in [0.3, 0.4) is 0 Å². The molecule has 0 amide bonds. The number of hydrogen-bond acceptors (Lipinski definition) is 6. The fourth-order valence-corrected chi connectivity index (χ4v) is 2.49. The smallest absolute Gasteiger partial charge is 0.334 e. The van der Waals surface area contributed by atoms with Crippen LogP contribution >= 0.6 is 0 Å². The van der Waals surface area contributed by atoms with E-state index < -0.39 is 27.1 Å². The Bertz CT molecular complexity index is 636. The van der Waals surface area contributed by atoms with E-state index in [4.69, 9.17) is 5.11 Å². The number of hydrogen-bond donors (Lipinski definition) is 1. The van der Waals surface area contributed by atoms with Crippen molar-refractivity contribution in [2.24, 2.45) is 0 Å². The van der Waals surface area contributed by atoms with Gasteiger partial charge in [-0.1, -0.05) is 6.08 Å². The van der Waals surface area contributed by atoms with Crippen LogP contribution in [0.4, 0.5) is 5.69 Å². The van der Waals surface area contributed by atoms with E-state index in [0.717, 1.165) is 24.3 Å². The van der Waals surface area contributed by atoms with Crippen LogP contribution in [0.25, 0.3) is 0 Å².